The number of hydrogen-bond donors (Lipinski definition) is 1. The number of benzene rings is 1. The molecule has 0 bridgehead atoms. The van der Waals surface area contributed by atoms with Crippen LogP contribution in [0.4, 0.5) is 0 Å². The van der Waals surface area contributed by atoms with Gasteiger partial charge in [-0.2, -0.15) is 0 Å². The number of rotatable bonds is 6. The molecule has 0 radical (unpaired) electrons. The van der Waals surface area contributed by atoms with E-state index in [1.807, 2.05) is 19.1 Å². The van der Waals surface area contributed by atoms with Crippen LogP contribution in [0.1, 0.15) is 24.5 Å². The third kappa shape index (κ3) is 3.14. The largest absolute Gasteiger partial charge is 0.496 e. The van der Waals surface area contributed by atoms with E-state index in [4.69, 9.17) is 9.47 Å². The summed E-state index contributed by atoms with van der Waals surface area (Å²) in [6.45, 7) is 6.00. The maximum Gasteiger partial charge on any atom is 0.123 e. The van der Waals surface area contributed by atoms with E-state index in [0.29, 0.717) is 0 Å². The highest BCUT2D eigenvalue weighted by atomic mass is 16.5. The fourth-order valence-corrected chi connectivity index (χ4v) is 1.65. The van der Waals surface area contributed by atoms with E-state index in [1.165, 1.54) is 0 Å². The molecule has 0 aliphatic heterocycles. The van der Waals surface area contributed by atoms with Gasteiger partial charge in [-0.1, -0.05) is 6.92 Å². The molecular formula is C13H21NO2. The first kappa shape index (κ1) is 12.8. The van der Waals surface area contributed by atoms with Gasteiger partial charge < -0.3 is 14.8 Å². The van der Waals surface area contributed by atoms with Gasteiger partial charge in [0.15, 0.2) is 0 Å². The van der Waals surface area contributed by atoms with Gasteiger partial charge in [0.2, 0.25) is 0 Å². The summed E-state index contributed by atoms with van der Waals surface area (Å²) in [4.78, 5) is 0. The van der Waals surface area contributed by atoms with Crippen molar-refractivity contribution in [1.29, 1.82) is 0 Å². The van der Waals surface area contributed by atoms with Gasteiger partial charge in [-0.15, -0.1) is 0 Å². The average molecular weight is 223 g/mol. The van der Waals surface area contributed by atoms with E-state index in [2.05, 4.69) is 12.2 Å². The molecule has 0 heterocycles. The summed E-state index contributed by atoms with van der Waals surface area (Å²) >= 11 is 0. The lowest BCUT2D eigenvalue weighted by molar-refractivity contribution is 0.395. The standard InChI is InChI=1S/C13H21NO2/c1-5-6-14-9-11-8-12(15-3)10(2)7-13(11)16-4/h7-8,14H,5-6,9H2,1-4H3. The molecule has 1 aromatic carbocycles. The van der Waals surface area contributed by atoms with Gasteiger partial charge in [0.1, 0.15) is 11.5 Å². The van der Waals surface area contributed by atoms with Gasteiger partial charge in [-0.05, 0) is 37.6 Å². The summed E-state index contributed by atoms with van der Waals surface area (Å²) < 4.78 is 10.7. The van der Waals surface area contributed by atoms with Crippen LogP contribution in [0, 0.1) is 6.92 Å². The smallest absolute Gasteiger partial charge is 0.123 e. The van der Waals surface area contributed by atoms with Gasteiger partial charge in [-0.25, -0.2) is 0 Å². The highest BCUT2D eigenvalue weighted by Gasteiger charge is 2.07. The quantitative estimate of drug-likeness (QED) is 0.752. The molecule has 0 saturated carbocycles. The molecule has 0 aliphatic carbocycles. The predicted molar refractivity (Wildman–Crippen MR) is 66.3 cm³/mol. The second-order valence-corrected chi connectivity index (χ2v) is 3.81. The molecule has 3 heteroatoms. The lowest BCUT2D eigenvalue weighted by atomic mass is 10.1. The topological polar surface area (TPSA) is 30.5 Å². The Kier molecular flexibility index (Phi) is 5.12. The third-order valence-corrected chi connectivity index (χ3v) is 2.54. The molecule has 0 spiro atoms. The van der Waals surface area contributed by atoms with E-state index in [-0.39, 0.29) is 0 Å². The van der Waals surface area contributed by atoms with E-state index in [1.54, 1.807) is 14.2 Å². The maximum absolute atomic E-state index is 5.36. The zero-order valence-corrected chi connectivity index (χ0v) is 10.6. The molecular weight excluding hydrogens is 202 g/mol. The van der Waals surface area contributed by atoms with Crippen molar-refractivity contribution in [2.24, 2.45) is 0 Å². The van der Waals surface area contributed by atoms with Gasteiger partial charge in [-0.3, -0.25) is 0 Å². The monoisotopic (exact) mass is 223 g/mol. The van der Waals surface area contributed by atoms with E-state index in [0.717, 1.165) is 42.1 Å². The molecule has 16 heavy (non-hydrogen) atoms. The van der Waals surface area contributed by atoms with Crippen LogP contribution in [0.15, 0.2) is 12.1 Å². The van der Waals surface area contributed by atoms with Crippen molar-refractivity contribution in [2.75, 3.05) is 20.8 Å². The molecule has 0 unspecified atom stereocenters. The Morgan fingerprint density at radius 3 is 2.38 bits per heavy atom. The second-order valence-electron chi connectivity index (χ2n) is 3.81. The summed E-state index contributed by atoms with van der Waals surface area (Å²) in [6, 6.07) is 4.05. The molecule has 0 atom stereocenters. The number of methoxy groups -OCH3 is 2. The minimum atomic E-state index is 0.813. The molecule has 3 nitrogen and oxygen atoms in total. The highest BCUT2D eigenvalue weighted by Crippen LogP contribution is 2.27. The van der Waals surface area contributed by atoms with Gasteiger partial charge in [0.05, 0.1) is 14.2 Å². The Balaban J connectivity index is 2.86. The molecule has 1 rings (SSSR count). The van der Waals surface area contributed by atoms with Crippen molar-refractivity contribution in [3.8, 4) is 11.5 Å². The van der Waals surface area contributed by atoms with Crippen LogP contribution in [0.25, 0.3) is 0 Å². The van der Waals surface area contributed by atoms with Crippen LogP contribution in [0.3, 0.4) is 0 Å². The summed E-state index contributed by atoms with van der Waals surface area (Å²) in [7, 11) is 3.39. The molecule has 0 amide bonds. The molecule has 0 aromatic heterocycles. The van der Waals surface area contributed by atoms with Gasteiger partial charge >= 0.3 is 0 Å². The Labute approximate surface area is 97.8 Å². The van der Waals surface area contributed by atoms with Crippen LogP contribution >= 0.6 is 0 Å². The molecule has 0 fully saturated rings. The summed E-state index contributed by atoms with van der Waals surface area (Å²) in [5.41, 5.74) is 2.23. The summed E-state index contributed by atoms with van der Waals surface area (Å²) in [6.07, 6.45) is 1.13. The van der Waals surface area contributed by atoms with Crippen LogP contribution in [0.5, 0.6) is 11.5 Å². The fraction of sp³-hybridized carbons (Fsp3) is 0.538. The van der Waals surface area contributed by atoms with Crippen molar-refractivity contribution >= 4 is 0 Å². The number of hydrogen-bond acceptors (Lipinski definition) is 3. The molecule has 0 saturated heterocycles. The molecule has 1 N–H and O–H groups in total. The van der Waals surface area contributed by atoms with Crippen LogP contribution in [-0.4, -0.2) is 20.8 Å². The van der Waals surface area contributed by atoms with E-state index < -0.39 is 0 Å². The van der Waals surface area contributed by atoms with Crippen LogP contribution in [0.2, 0.25) is 0 Å². The Hall–Kier alpha value is -1.22. The Bertz CT molecular complexity index is 337. The Morgan fingerprint density at radius 2 is 1.81 bits per heavy atom. The zero-order chi connectivity index (χ0) is 12.0. The van der Waals surface area contributed by atoms with Crippen LogP contribution in [-0.2, 0) is 6.54 Å². The highest BCUT2D eigenvalue weighted by molar-refractivity contribution is 5.45. The summed E-state index contributed by atoms with van der Waals surface area (Å²) in [5.74, 6) is 1.83. The number of aryl methyl sites for hydroxylation is 1. The van der Waals surface area contributed by atoms with Gasteiger partial charge in [0, 0.05) is 12.1 Å². The molecule has 1 aromatic rings. The third-order valence-electron chi connectivity index (χ3n) is 2.54. The first-order valence-electron chi connectivity index (χ1n) is 5.65. The van der Waals surface area contributed by atoms with Crippen molar-refractivity contribution < 1.29 is 9.47 Å². The SMILES string of the molecule is CCCNCc1cc(OC)c(C)cc1OC. The van der Waals surface area contributed by atoms with Crippen molar-refractivity contribution in [1.82, 2.24) is 5.32 Å². The van der Waals surface area contributed by atoms with Crippen molar-refractivity contribution in [3.05, 3.63) is 23.3 Å². The fourth-order valence-electron chi connectivity index (χ4n) is 1.65. The van der Waals surface area contributed by atoms with Crippen LogP contribution < -0.4 is 14.8 Å². The van der Waals surface area contributed by atoms with Gasteiger partial charge in [0.25, 0.3) is 0 Å². The average Bonchev–Trinajstić information content (AvgIpc) is 2.30. The number of nitrogens with one attached hydrogen (secondary N) is 1. The molecule has 90 valence electrons. The lowest BCUT2D eigenvalue weighted by Gasteiger charge is -2.13. The normalized spacial score (nSPS) is 10.2. The maximum atomic E-state index is 5.36. The van der Waals surface area contributed by atoms with E-state index in [9.17, 15) is 0 Å². The van der Waals surface area contributed by atoms with Crippen molar-refractivity contribution in [3.63, 3.8) is 0 Å². The Morgan fingerprint density at radius 1 is 1.12 bits per heavy atom. The minimum absolute atomic E-state index is 0.813. The second kappa shape index (κ2) is 6.38. The van der Waals surface area contributed by atoms with Crippen molar-refractivity contribution in [2.45, 2.75) is 26.8 Å². The summed E-state index contributed by atoms with van der Waals surface area (Å²) in [5, 5.41) is 3.36. The number of ether oxygens (including phenoxy) is 2. The predicted octanol–water partition coefficient (Wildman–Crippen LogP) is 2.51. The molecule has 0 aliphatic rings. The minimum Gasteiger partial charge on any atom is -0.496 e. The first-order chi connectivity index (χ1) is 7.72. The first-order valence-corrected chi connectivity index (χ1v) is 5.65. The zero-order valence-electron chi connectivity index (χ0n) is 10.6. The van der Waals surface area contributed by atoms with E-state index >= 15 is 0 Å². The lowest BCUT2D eigenvalue weighted by Crippen LogP contribution is -2.14.